The fourth-order valence-corrected chi connectivity index (χ4v) is 3.99. The van der Waals surface area contributed by atoms with E-state index in [2.05, 4.69) is 10.7 Å². The Hall–Kier alpha value is -2.04. The first-order valence-electron chi connectivity index (χ1n) is 10.9. The molecule has 0 aromatic rings. The molecule has 5 N–H and O–H groups in total. The van der Waals surface area contributed by atoms with E-state index in [9.17, 15) is 19.2 Å². The summed E-state index contributed by atoms with van der Waals surface area (Å²) in [6.07, 6.45) is 4.64. The standard InChI is InChI=1S/C20H35N5O5/c1-14(20(29)30)23-25(18(27)6-9-21)19(28)16-3-2-12-24(13-16)17(26)5-4-15-7-10-22-11-8-15/h14-16,22-23H,2-13,21H2,1H3,(H,29,30)/t14-,16-/m1/s1. The fraction of sp³-hybridized carbons (Fsp3) is 0.800. The number of likely N-dealkylation sites (tertiary alicyclic amines) is 1. The highest BCUT2D eigenvalue weighted by Gasteiger charge is 2.35. The summed E-state index contributed by atoms with van der Waals surface area (Å²) in [5.41, 5.74) is 7.91. The number of aliphatic carboxylic acids is 1. The predicted molar refractivity (Wildman–Crippen MR) is 110 cm³/mol. The number of rotatable bonds is 9. The van der Waals surface area contributed by atoms with Gasteiger partial charge in [-0.25, -0.2) is 10.4 Å². The first-order chi connectivity index (χ1) is 14.3. The largest absolute Gasteiger partial charge is 0.480 e. The number of piperidine rings is 2. The number of imide groups is 1. The zero-order valence-corrected chi connectivity index (χ0v) is 17.8. The summed E-state index contributed by atoms with van der Waals surface area (Å²) in [5, 5.41) is 13.2. The summed E-state index contributed by atoms with van der Waals surface area (Å²) in [7, 11) is 0. The van der Waals surface area contributed by atoms with Gasteiger partial charge in [0, 0.05) is 32.5 Å². The average Bonchev–Trinajstić information content (AvgIpc) is 2.76. The Balaban J connectivity index is 1.95. The van der Waals surface area contributed by atoms with Crippen LogP contribution in [0.4, 0.5) is 0 Å². The molecule has 3 amide bonds. The third-order valence-corrected chi connectivity index (χ3v) is 5.87. The van der Waals surface area contributed by atoms with Gasteiger partial charge in [-0.05, 0) is 58.0 Å². The molecule has 0 radical (unpaired) electrons. The van der Waals surface area contributed by atoms with Gasteiger partial charge < -0.3 is 21.1 Å². The lowest BCUT2D eigenvalue weighted by Crippen LogP contribution is -2.57. The minimum atomic E-state index is -1.17. The maximum atomic E-state index is 13.0. The minimum Gasteiger partial charge on any atom is -0.480 e. The number of hydrogen-bond donors (Lipinski definition) is 4. The van der Waals surface area contributed by atoms with Gasteiger partial charge in [-0.1, -0.05) is 0 Å². The van der Waals surface area contributed by atoms with Crippen LogP contribution < -0.4 is 16.5 Å². The molecule has 0 bridgehead atoms. The lowest BCUT2D eigenvalue weighted by molar-refractivity contribution is -0.155. The van der Waals surface area contributed by atoms with E-state index in [-0.39, 0.29) is 25.4 Å². The van der Waals surface area contributed by atoms with Crippen molar-refractivity contribution in [2.75, 3.05) is 32.7 Å². The van der Waals surface area contributed by atoms with E-state index in [1.54, 1.807) is 4.90 Å². The van der Waals surface area contributed by atoms with Crippen LogP contribution in [-0.2, 0) is 19.2 Å². The van der Waals surface area contributed by atoms with Crippen molar-refractivity contribution in [1.82, 2.24) is 20.7 Å². The molecule has 0 aliphatic carbocycles. The number of carbonyl (C=O) groups is 4. The van der Waals surface area contributed by atoms with Crippen LogP contribution in [0, 0.1) is 11.8 Å². The van der Waals surface area contributed by atoms with Gasteiger partial charge in [0.25, 0.3) is 0 Å². The number of carboxylic acid groups (broad SMARTS) is 1. The van der Waals surface area contributed by atoms with Crippen molar-refractivity contribution >= 4 is 23.7 Å². The quantitative estimate of drug-likeness (QED) is 0.368. The topological polar surface area (TPSA) is 145 Å². The molecule has 0 unspecified atom stereocenters. The Morgan fingerprint density at radius 1 is 1.20 bits per heavy atom. The van der Waals surface area contributed by atoms with Gasteiger partial charge in [0.15, 0.2) is 0 Å². The molecular weight excluding hydrogens is 390 g/mol. The lowest BCUT2D eigenvalue weighted by atomic mass is 9.92. The summed E-state index contributed by atoms with van der Waals surface area (Å²) in [6, 6.07) is -1.11. The second-order valence-electron chi connectivity index (χ2n) is 8.21. The number of nitrogens with one attached hydrogen (secondary N) is 2. The summed E-state index contributed by atoms with van der Waals surface area (Å²) in [5.74, 6) is -2.19. The molecule has 10 heteroatoms. The van der Waals surface area contributed by atoms with E-state index in [4.69, 9.17) is 10.8 Å². The van der Waals surface area contributed by atoms with Crippen LogP contribution in [0.1, 0.15) is 51.9 Å². The Morgan fingerprint density at radius 2 is 1.90 bits per heavy atom. The van der Waals surface area contributed by atoms with Crippen LogP contribution in [-0.4, -0.2) is 77.5 Å². The van der Waals surface area contributed by atoms with E-state index in [1.807, 2.05) is 0 Å². The number of carbonyl (C=O) groups excluding carboxylic acids is 3. The zero-order chi connectivity index (χ0) is 22.1. The van der Waals surface area contributed by atoms with Crippen LogP contribution in [0.15, 0.2) is 0 Å². The molecule has 0 aromatic heterocycles. The summed E-state index contributed by atoms with van der Waals surface area (Å²) >= 11 is 0. The number of amides is 3. The van der Waals surface area contributed by atoms with E-state index in [1.165, 1.54) is 6.92 Å². The minimum absolute atomic E-state index is 0.0396. The monoisotopic (exact) mass is 425 g/mol. The van der Waals surface area contributed by atoms with Crippen molar-refractivity contribution in [3.8, 4) is 0 Å². The molecule has 2 atom stereocenters. The van der Waals surface area contributed by atoms with Crippen LogP contribution in [0.2, 0.25) is 0 Å². The van der Waals surface area contributed by atoms with E-state index >= 15 is 0 Å². The molecule has 2 aliphatic heterocycles. The Kier molecular flexibility index (Phi) is 9.67. The highest BCUT2D eigenvalue weighted by atomic mass is 16.4. The van der Waals surface area contributed by atoms with Gasteiger partial charge in [0.2, 0.25) is 17.7 Å². The second-order valence-corrected chi connectivity index (χ2v) is 8.21. The van der Waals surface area contributed by atoms with Crippen molar-refractivity contribution in [3.63, 3.8) is 0 Å². The Morgan fingerprint density at radius 3 is 2.53 bits per heavy atom. The predicted octanol–water partition coefficient (Wildman–Crippen LogP) is -0.313. The van der Waals surface area contributed by atoms with Gasteiger partial charge >= 0.3 is 5.97 Å². The average molecular weight is 426 g/mol. The van der Waals surface area contributed by atoms with Crippen molar-refractivity contribution in [3.05, 3.63) is 0 Å². The van der Waals surface area contributed by atoms with Crippen molar-refractivity contribution in [2.45, 2.75) is 57.9 Å². The molecule has 0 saturated carbocycles. The van der Waals surface area contributed by atoms with Crippen LogP contribution in [0.25, 0.3) is 0 Å². The van der Waals surface area contributed by atoms with Crippen molar-refractivity contribution < 1.29 is 24.3 Å². The van der Waals surface area contributed by atoms with E-state index in [0.29, 0.717) is 31.7 Å². The molecule has 0 spiro atoms. The molecule has 30 heavy (non-hydrogen) atoms. The van der Waals surface area contributed by atoms with Crippen molar-refractivity contribution in [1.29, 1.82) is 0 Å². The van der Waals surface area contributed by atoms with Crippen LogP contribution >= 0.6 is 0 Å². The number of hydrogen-bond acceptors (Lipinski definition) is 7. The first kappa shape index (κ1) is 24.2. The Labute approximate surface area is 177 Å². The molecule has 0 aromatic carbocycles. The number of nitrogens with zero attached hydrogens (tertiary/aromatic N) is 2. The summed E-state index contributed by atoms with van der Waals surface area (Å²) < 4.78 is 0. The van der Waals surface area contributed by atoms with Crippen LogP contribution in [0.3, 0.4) is 0 Å². The zero-order valence-electron chi connectivity index (χ0n) is 17.8. The third kappa shape index (κ3) is 7.03. The van der Waals surface area contributed by atoms with E-state index < -0.39 is 29.7 Å². The highest BCUT2D eigenvalue weighted by molar-refractivity contribution is 5.96. The molecule has 2 aliphatic rings. The van der Waals surface area contributed by atoms with Gasteiger partial charge in [-0.2, -0.15) is 0 Å². The smallest absolute Gasteiger partial charge is 0.322 e. The number of hydrazine groups is 1. The fourth-order valence-electron chi connectivity index (χ4n) is 3.99. The van der Waals surface area contributed by atoms with E-state index in [0.717, 1.165) is 37.4 Å². The van der Waals surface area contributed by atoms with Crippen LogP contribution in [0.5, 0.6) is 0 Å². The van der Waals surface area contributed by atoms with Gasteiger partial charge in [-0.3, -0.25) is 19.2 Å². The molecule has 2 saturated heterocycles. The summed E-state index contributed by atoms with van der Waals surface area (Å²) in [4.78, 5) is 50.9. The lowest BCUT2D eigenvalue weighted by Gasteiger charge is -2.35. The normalized spacial score (nSPS) is 21.1. The molecular formula is C20H35N5O5. The molecule has 170 valence electrons. The Bertz CT molecular complexity index is 623. The molecule has 10 nitrogen and oxygen atoms in total. The van der Waals surface area contributed by atoms with Gasteiger partial charge in [0.05, 0.1) is 5.92 Å². The maximum Gasteiger partial charge on any atom is 0.322 e. The number of nitrogens with two attached hydrogens (primary N) is 1. The second kappa shape index (κ2) is 12.0. The first-order valence-corrected chi connectivity index (χ1v) is 10.9. The summed E-state index contributed by atoms with van der Waals surface area (Å²) in [6.45, 7) is 4.25. The highest BCUT2D eigenvalue weighted by Crippen LogP contribution is 2.22. The third-order valence-electron chi connectivity index (χ3n) is 5.87. The molecule has 2 rings (SSSR count). The molecule has 2 heterocycles. The number of carboxylic acids is 1. The molecule has 2 fully saturated rings. The van der Waals surface area contributed by atoms with Crippen molar-refractivity contribution in [2.24, 2.45) is 17.6 Å². The SMILES string of the molecule is C[C@@H](NN(C(=O)CCN)C(=O)[C@@H]1CCCN(C(=O)CCC2CCNCC2)C1)C(=O)O. The van der Waals surface area contributed by atoms with Gasteiger partial charge in [0.1, 0.15) is 6.04 Å². The van der Waals surface area contributed by atoms with Gasteiger partial charge in [-0.15, -0.1) is 0 Å². The maximum absolute atomic E-state index is 13.0.